The second kappa shape index (κ2) is 9.95. The Bertz CT molecular complexity index is 641. The maximum Gasteiger partial charge on any atom is 0.129 e. The molecule has 0 fully saturated rings. The molecule has 0 aliphatic rings. The number of aromatic hydroxyl groups is 1. The Labute approximate surface area is 153 Å². The minimum atomic E-state index is 0.409. The molecule has 3 heteroatoms. The molecule has 0 saturated heterocycles. The smallest absolute Gasteiger partial charge is 0.129 e. The van der Waals surface area contributed by atoms with Crippen molar-refractivity contribution in [3.8, 4) is 5.75 Å². The van der Waals surface area contributed by atoms with Gasteiger partial charge in [-0.25, -0.2) is 0 Å². The van der Waals surface area contributed by atoms with E-state index in [1.165, 1.54) is 35.6 Å². The zero-order valence-electron chi connectivity index (χ0n) is 15.0. The van der Waals surface area contributed by atoms with Crippen LogP contribution in [0.4, 0.5) is 0 Å². The third-order valence-electron chi connectivity index (χ3n) is 4.28. The standard InChI is InChI=1S/C21H28OSSi/c1-4-7-15-21(23-19-13-9-8-12-18(19)22)24-20-14-10-11-16(5-2)17(20)6-3/h8-14,21-22H,4-7,15H2,1-3H3. The van der Waals surface area contributed by atoms with Crippen molar-refractivity contribution in [2.45, 2.75) is 62.6 Å². The maximum atomic E-state index is 10.1. The molecule has 2 rings (SSSR count). The Balaban J connectivity index is 2.21. The van der Waals surface area contributed by atoms with Crippen LogP contribution in [-0.2, 0) is 12.8 Å². The molecule has 0 amide bonds. The number of unbranched alkanes of at least 4 members (excludes halogenated alkanes) is 1. The third-order valence-corrected chi connectivity index (χ3v) is 7.49. The molecule has 0 aliphatic heterocycles. The van der Waals surface area contributed by atoms with E-state index in [4.69, 9.17) is 0 Å². The van der Waals surface area contributed by atoms with Crippen LogP contribution in [-0.4, -0.2) is 19.5 Å². The minimum absolute atomic E-state index is 0.409. The van der Waals surface area contributed by atoms with Crippen LogP contribution < -0.4 is 5.19 Å². The van der Waals surface area contributed by atoms with Gasteiger partial charge in [-0.15, -0.1) is 11.8 Å². The van der Waals surface area contributed by atoms with Crippen LogP contribution in [0.15, 0.2) is 47.4 Å². The fraction of sp³-hybridized carbons (Fsp3) is 0.429. The molecule has 2 aromatic carbocycles. The summed E-state index contributed by atoms with van der Waals surface area (Å²) >= 11 is 1.85. The summed E-state index contributed by atoms with van der Waals surface area (Å²) in [4.78, 5) is 1.55. The Morgan fingerprint density at radius 2 is 1.79 bits per heavy atom. The summed E-state index contributed by atoms with van der Waals surface area (Å²) < 4.78 is 0. The van der Waals surface area contributed by atoms with Gasteiger partial charge in [-0.3, -0.25) is 0 Å². The van der Waals surface area contributed by atoms with Gasteiger partial charge in [0, 0.05) is 9.77 Å². The highest BCUT2D eigenvalue weighted by atomic mass is 32.2. The lowest BCUT2D eigenvalue weighted by Gasteiger charge is -2.19. The molecule has 1 nitrogen and oxygen atoms in total. The van der Waals surface area contributed by atoms with Crippen molar-refractivity contribution in [1.29, 1.82) is 0 Å². The summed E-state index contributed by atoms with van der Waals surface area (Å²) in [6, 6.07) is 14.5. The Morgan fingerprint density at radius 1 is 1.00 bits per heavy atom. The number of aryl methyl sites for hydroxylation is 1. The molecule has 0 bridgehead atoms. The van der Waals surface area contributed by atoms with Gasteiger partial charge in [-0.1, -0.05) is 69.1 Å². The second-order valence-electron chi connectivity index (χ2n) is 6.01. The van der Waals surface area contributed by atoms with Crippen molar-refractivity contribution < 1.29 is 5.11 Å². The van der Waals surface area contributed by atoms with Crippen LogP contribution in [0.3, 0.4) is 0 Å². The van der Waals surface area contributed by atoms with Crippen LogP contribution in [0.25, 0.3) is 0 Å². The first-order chi connectivity index (χ1) is 11.7. The molecule has 1 atom stereocenters. The number of hydrogen-bond acceptors (Lipinski definition) is 2. The van der Waals surface area contributed by atoms with Crippen LogP contribution in [0, 0.1) is 0 Å². The van der Waals surface area contributed by atoms with Gasteiger partial charge in [0.15, 0.2) is 0 Å². The van der Waals surface area contributed by atoms with Crippen LogP contribution in [0.1, 0.15) is 51.2 Å². The lowest BCUT2D eigenvalue weighted by Crippen LogP contribution is -2.29. The van der Waals surface area contributed by atoms with Crippen molar-refractivity contribution in [2.75, 3.05) is 0 Å². The van der Waals surface area contributed by atoms with Gasteiger partial charge in [0.25, 0.3) is 0 Å². The highest BCUT2D eigenvalue weighted by Crippen LogP contribution is 2.32. The molecule has 0 spiro atoms. The zero-order chi connectivity index (χ0) is 17.4. The SMILES string of the molecule is CCCCC([Si]c1cccc(CC)c1CC)Sc1ccccc1O. The number of phenolic OH excluding ortho intramolecular Hbond substituents is 1. The monoisotopic (exact) mass is 356 g/mol. The molecule has 0 aromatic heterocycles. The number of phenols is 1. The first-order valence-electron chi connectivity index (χ1n) is 9.01. The normalized spacial score (nSPS) is 12.3. The molecule has 2 radical (unpaired) electrons. The van der Waals surface area contributed by atoms with Crippen LogP contribution in [0.5, 0.6) is 5.75 Å². The molecule has 1 N–H and O–H groups in total. The average Bonchev–Trinajstić information content (AvgIpc) is 2.61. The summed E-state index contributed by atoms with van der Waals surface area (Å²) in [6.45, 7) is 6.76. The van der Waals surface area contributed by atoms with E-state index in [0.717, 1.165) is 27.3 Å². The minimum Gasteiger partial charge on any atom is -0.507 e. The maximum absolute atomic E-state index is 10.1. The van der Waals surface area contributed by atoms with E-state index < -0.39 is 0 Å². The largest absolute Gasteiger partial charge is 0.507 e. The van der Waals surface area contributed by atoms with Gasteiger partial charge >= 0.3 is 0 Å². The summed E-state index contributed by atoms with van der Waals surface area (Å²) in [5.74, 6) is 0.409. The lowest BCUT2D eigenvalue weighted by atomic mass is 10.0. The second-order valence-corrected chi connectivity index (χ2v) is 9.20. The quantitative estimate of drug-likeness (QED) is 0.495. The molecule has 1 unspecified atom stereocenters. The van der Waals surface area contributed by atoms with Crippen molar-refractivity contribution in [3.63, 3.8) is 0 Å². The molecule has 24 heavy (non-hydrogen) atoms. The predicted molar refractivity (Wildman–Crippen MR) is 108 cm³/mol. The summed E-state index contributed by atoms with van der Waals surface area (Å²) in [7, 11) is 0.784. The number of para-hydroxylation sites is 1. The summed E-state index contributed by atoms with van der Waals surface area (Å²) in [5, 5.41) is 11.6. The van der Waals surface area contributed by atoms with Crippen molar-refractivity contribution in [1.82, 2.24) is 0 Å². The highest BCUT2D eigenvalue weighted by molar-refractivity contribution is 8.01. The summed E-state index contributed by atoms with van der Waals surface area (Å²) in [6.07, 6.45) is 5.88. The van der Waals surface area contributed by atoms with E-state index in [-0.39, 0.29) is 0 Å². The topological polar surface area (TPSA) is 20.2 Å². The molecule has 0 aliphatic carbocycles. The van der Waals surface area contributed by atoms with Crippen molar-refractivity contribution in [3.05, 3.63) is 53.6 Å². The fourth-order valence-electron chi connectivity index (χ4n) is 2.95. The number of hydrogen-bond donors (Lipinski definition) is 1. The Kier molecular flexibility index (Phi) is 7.93. The molecule has 2 aromatic rings. The number of rotatable bonds is 9. The molecule has 0 saturated carbocycles. The number of benzene rings is 2. The van der Waals surface area contributed by atoms with Gasteiger partial charge in [0.2, 0.25) is 0 Å². The van der Waals surface area contributed by atoms with Gasteiger partial charge in [-0.2, -0.15) is 0 Å². The lowest BCUT2D eigenvalue weighted by molar-refractivity contribution is 0.462. The Morgan fingerprint density at radius 3 is 2.46 bits per heavy atom. The van der Waals surface area contributed by atoms with Gasteiger partial charge in [0.1, 0.15) is 5.75 Å². The van der Waals surface area contributed by atoms with Crippen LogP contribution >= 0.6 is 11.8 Å². The van der Waals surface area contributed by atoms with E-state index in [0.29, 0.717) is 10.6 Å². The fourth-order valence-corrected chi connectivity index (χ4v) is 6.29. The molecule has 0 heterocycles. The predicted octanol–water partition coefficient (Wildman–Crippen LogP) is 5.16. The van der Waals surface area contributed by atoms with Gasteiger partial charge in [0.05, 0.1) is 9.52 Å². The third kappa shape index (κ3) is 5.15. The van der Waals surface area contributed by atoms with E-state index in [1.807, 2.05) is 30.0 Å². The van der Waals surface area contributed by atoms with Gasteiger partial charge < -0.3 is 5.11 Å². The van der Waals surface area contributed by atoms with E-state index >= 15 is 0 Å². The zero-order valence-corrected chi connectivity index (χ0v) is 16.8. The van der Waals surface area contributed by atoms with E-state index in [2.05, 4.69) is 39.0 Å². The first kappa shape index (κ1) is 19.1. The first-order valence-corrected chi connectivity index (χ1v) is 11.0. The van der Waals surface area contributed by atoms with Crippen LogP contribution in [0.2, 0.25) is 0 Å². The molecular formula is C21H28OSSi. The molecular weight excluding hydrogens is 328 g/mol. The summed E-state index contributed by atoms with van der Waals surface area (Å²) in [5.41, 5.74) is 3.03. The van der Waals surface area contributed by atoms with Crippen molar-refractivity contribution in [2.24, 2.45) is 0 Å². The molecule has 128 valence electrons. The Hall–Kier alpha value is -1.19. The average molecular weight is 357 g/mol. The van der Waals surface area contributed by atoms with E-state index in [1.54, 1.807) is 6.07 Å². The number of thioether (sulfide) groups is 1. The van der Waals surface area contributed by atoms with Crippen molar-refractivity contribution >= 4 is 26.5 Å². The van der Waals surface area contributed by atoms with Gasteiger partial charge in [-0.05, 0) is 42.5 Å². The highest BCUT2D eigenvalue weighted by Gasteiger charge is 2.17. The van der Waals surface area contributed by atoms with E-state index in [9.17, 15) is 5.11 Å².